The number of sulfonamides is 1. The molecule has 1 aromatic heterocycles. The Balaban J connectivity index is 1.33. The van der Waals surface area contributed by atoms with E-state index in [2.05, 4.69) is 4.98 Å². The van der Waals surface area contributed by atoms with Crippen LogP contribution in [0.2, 0.25) is 0 Å². The van der Waals surface area contributed by atoms with Crippen LogP contribution in [-0.2, 0) is 37.3 Å². The molecule has 4 rings (SSSR count). The van der Waals surface area contributed by atoms with Gasteiger partial charge in [-0.25, -0.2) is 8.42 Å². The van der Waals surface area contributed by atoms with Crippen LogP contribution in [0.4, 0.5) is 0 Å². The highest BCUT2D eigenvalue weighted by molar-refractivity contribution is 7.89. The molecule has 2 heterocycles. The number of hydrogen-bond acceptors (Lipinski definition) is 6. The number of carbonyl (C=O) groups is 1. The number of aromatic nitrogens is 1. The average Bonchev–Trinajstić information content (AvgIpc) is 2.82. The topological polar surface area (TPSA) is 85.8 Å². The molecule has 0 spiro atoms. The number of carbonyl (C=O) groups excluding carboxylic acids is 1. The molecule has 7 nitrogen and oxygen atoms in total. The number of esters is 1. The molecule has 8 heteroatoms. The van der Waals surface area contributed by atoms with Crippen molar-refractivity contribution >= 4 is 26.9 Å². The Morgan fingerprint density at radius 2 is 1.84 bits per heavy atom. The standard InChI is InChI=1S/C23H24N2O5S/c26-23(11-10-20-9-8-19-5-1-2-7-22(19)24-20)30-17-18-4-3-6-21(16-18)31(27,28)25-12-14-29-15-13-25/h1-9,16H,10-15,17H2. The second-order valence-corrected chi connectivity index (χ2v) is 9.26. The number of ether oxygens (including phenoxy) is 2. The molecule has 0 radical (unpaired) electrons. The van der Waals surface area contributed by atoms with Gasteiger partial charge in [0.05, 0.1) is 30.0 Å². The average molecular weight is 441 g/mol. The summed E-state index contributed by atoms with van der Waals surface area (Å²) >= 11 is 0. The predicted molar refractivity (Wildman–Crippen MR) is 116 cm³/mol. The van der Waals surface area contributed by atoms with E-state index in [9.17, 15) is 13.2 Å². The van der Waals surface area contributed by atoms with Crippen LogP contribution in [0.1, 0.15) is 17.7 Å². The molecule has 0 N–H and O–H groups in total. The van der Waals surface area contributed by atoms with Crippen molar-refractivity contribution < 1.29 is 22.7 Å². The van der Waals surface area contributed by atoms with Gasteiger partial charge >= 0.3 is 5.97 Å². The first-order valence-corrected chi connectivity index (χ1v) is 11.6. The van der Waals surface area contributed by atoms with E-state index in [0.717, 1.165) is 16.6 Å². The predicted octanol–water partition coefficient (Wildman–Crippen LogP) is 2.93. The van der Waals surface area contributed by atoms with Gasteiger partial charge in [0.2, 0.25) is 10.0 Å². The van der Waals surface area contributed by atoms with E-state index >= 15 is 0 Å². The number of nitrogens with zero attached hydrogens (tertiary/aromatic N) is 2. The highest BCUT2D eigenvalue weighted by Gasteiger charge is 2.26. The minimum Gasteiger partial charge on any atom is -0.461 e. The fraction of sp³-hybridized carbons (Fsp3) is 0.304. The molecular formula is C23H24N2O5S. The smallest absolute Gasteiger partial charge is 0.306 e. The lowest BCUT2D eigenvalue weighted by molar-refractivity contribution is -0.144. The summed E-state index contributed by atoms with van der Waals surface area (Å²) in [7, 11) is -3.58. The molecule has 1 fully saturated rings. The van der Waals surface area contributed by atoms with Gasteiger partial charge < -0.3 is 9.47 Å². The van der Waals surface area contributed by atoms with E-state index in [4.69, 9.17) is 9.47 Å². The number of morpholine rings is 1. The zero-order valence-corrected chi connectivity index (χ0v) is 17.9. The van der Waals surface area contributed by atoms with Gasteiger partial charge in [-0.15, -0.1) is 0 Å². The van der Waals surface area contributed by atoms with Crippen molar-refractivity contribution in [3.8, 4) is 0 Å². The van der Waals surface area contributed by atoms with E-state index in [1.807, 2.05) is 36.4 Å². The van der Waals surface area contributed by atoms with Gasteiger partial charge in [0, 0.05) is 30.6 Å². The summed E-state index contributed by atoms with van der Waals surface area (Å²) in [5.41, 5.74) is 2.35. The molecule has 0 aliphatic carbocycles. The first-order chi connectivity index (χ1) is 15.0. The molecule has 162 valence electrons. The fourth-order valence-corrected chi connectivity index (χ4v) is 4.92. The van der Waals surface area contributed by atoms with Crippen molar-refractivity contribution in [1.29, 1.82) is 0 Å². The molecular weight excluding hydrogens is 416 g/mol. The lowest BCUT2D eigenvalue weighted by atomic mass is 10.1. The van der Waals surface area contributed by atoms with Gasteiger partial charge in [-0.3, -0.25) is 9.78 Å². The van der Waals surface area contributed by atoms with E-state index in [-0.39, 0.29) is 23.9 Å². The molecule has 1 saturated heterocycles. The largest absolute Gasteiger partial charge is 0.461 e. The summed E-state index contributed by atoms with van der Waals surface area (Å²) in [4.78, 5) is 17.0. The minimum absolute atomic E-state index is 0.0243. The first-order valence-electron chi connectivity index (χ1n) is 10.2. The Morgan fingerprint density at radius 1 is 1.03 bits per heavy atom. The summed E-state index contributed by atoms with van der Waals surface area (Å²) < 4.78 is 37.6. The second-order valence-electron chi connectivity index (χ2n) is 7.32. The highest BCUT2D eigenvalue weighted by atomic mass is 32.2. The SMILES string of the molecule is O=C(CCc1ccc2ccccc2n1)OCc1cccc(S(=O)(=O)N2CCOCC2)c1. The van der Waals surface area contributed by atoms with Crippen molar-refractivity contribution in [2.45, 2.75) is 24.3 Å². The number of pyridine rings is 1. The Kier molecular flexibility index (Phi) is 6.60. The molecule has 2 aromatic carbocycles. The Labute approximate surface area is 181 Å². The quantitative estimate of drug-likeness (QED) is 0.525. The normalized spacial score (nSPS) is 15.1. The zero-order chi connectivity index (χ0) is 21.7. The van der Waals surface area contributed by atoms with Crippen LogP contribution < -0.4 is 0 Å². The first kappa shape index (κ1) is 21.4. The highest BCUT2D eigenvalue weighted by Crippen LogP contribution is 2.19. The number of benzene rings is 2. The number of aryl methyl sites for hydroxylation is 1. The second kappa shape index (κ2) is 9.55. The molecule has 0 amide bonds. The maximum absolute atomic E-state index is 12.8. The van der Waals surface area contributed by atoms with Gasteiger partial charge in [-0.2, -0.15) is 4.31 Å². The molecule has 0 atom stereocenters. The van der Waals surface area contributed by atoms with Gasteiger partial charge in [0.15, 0.2) is 0 Å². The number of fused-ring (bicyclic) bond motifs is 1. The number of hydrogen-bond donors (Lipinski definition) is 0. The third kappa shape index (κ3) is 5.28. The van der Waals surface area contributed by atoms with Crippen LogP contribution >= 0.6 is 0 Å². The van der Waals surface area contributed by atoms with Crippen molar-refractivity contribution in [2.75, 3.05) is 26.3 Å². The van der Waals surface area contributed by atoms with E-state index < -0.39 is 10.0 Å². The maximum Gasteiger partial charge on any atom is 0.306 e. The monoisotopic (exact) mass is 440 g/mol. The van der Waals surface area contributed by atoms with Crippen LogP contribution in [0.25, 0.3) is 10.9 Å². The van der Waals surface area contributed by atoms with Crippen molar-refractivity contribution in [2.24, 2.45) is 0 Å². The summed E-state index contributed by atoms with van der Waals surface area (Å²) in [5.74, 6) is -0.351. The van der Waals surface area contributed by atoms with Crippen molar-refractivity contribution in [3.05, 3.63) is 71.9 Å². The maximum atomic E-state index is 12.8. The minimum atomic E-state index is -3.58. The van der Waals surface area contributed by atoms with Crippen LogP contribution in [0.5, 0.6) is 0 Å². The number of rotatable bonds is 7. The summed E-state index contributed by atoms with van der Waals surface area (Å²) in [6, 6.07) is 18.3. The summed E-state index contributed by atoms with van der Waals surface area (Å²) in [5, 5.41) is 1.06. The molecule has 1 aliphatic rings. The van der Waals surface area contributed by atoms with E-state index in [1.165, 1.54) is 4.31 Å². The van der Waals surface area contributed by atoms with E-state index in [0.29, 0.717) is 38.3 Å². The molecule has 3 aromatic rings. The summed E-state index contributed by atoms with van der Waals surface area (Å²) in [6.45, 7) is 1.48. The van der Waals surface area contributed by atoms with Gasteiger partial charge in [-0.05, 0) is 29.8 Å². The molecule has 1 aliphatic heterocycles. The van der Waals surface area contributed by atoms with Gasteiger partial charge in [-0.1, -0.05) is 36.4 Å². The Morgan fingerprint density at radius 3 is 2.68 bits per heavy atom. The van der Waals surface area contributed by atoms with Crippen LogP contribution in [0.15, 0.2) is 65.6 Å². The molecule has 31 heavy (non-hydrogen) atoms. The van der Waals surface area contributed by atoms with Gasteiger partial charge in [0.25, 0.3) is 0 Å². The zero-order valence-electron chi connectivity index (χ0n) is 17.1. The Hall–Kier alpha value is -2.81. The van der Waals surface area contributed by atoms with Crippen LogP contribution in [0, 0.1) is 0 Å². The van der Waals surface area contributed by atoms with Gasteiger partial charge in [0.1, 0.15) is 6.61 Å². The van der Waals surface area contributed by atoms with Crippen molar-refractivity contribution in [1.82, 2.24) is 9.29 Å². The molecule has 0 bridgehead atoms. The third-order valence-corrected chi connectivity index (χ3v) is 7.04. The summed E-state index contributed by atoms with van der Waals surface area (Å²) in [6.07, 6.45) is 0.687. The van der Waals surface area contributed by atoms with Crippen LogP contribution in [-0.4, -0.2) is 50.0 Å². The molecule has 0 saturated carbocycles. The van der Waals surface area contributed by atoms with Crippen molar-refractivity contribution in [3.63, 3.8) is 0 Å². The van der Waals surface area contributed by atoms with Crippen LogP contribution in [0.3, 0.4) is 0 Å². The Bertz CT molecular complexity index is 1170. The lowest BCUT2D eigenvalue weighted by Gasteiger charge is -2.26. The number of para-hydroxylation sites is 1. The lowest BCUT2D eigenvalue weighted by Crippen LogP contribution is -2.40. The molecule has 0 unspecified atom stereocenters. The fourth-order valence-electron chi connectivity index (χ4n) is 3.45. The third-order valence-electron chi connectivity index (χ3n) is 5.15. The van der Waals surface area contributed by atoms with E-state index in [1.54, 1.807) is 24.3 Å².